The third kappa shape index (κ3) is 2.64. The molecule has 21 heavy (non-hydrogen) atoms. The molecular weight excluding hydrogens is 270 g/mol. The van der Waals surface area contributed by atoms with E-state index in [0.717, 1.165) is 18.4 Å². The molecule has 1 aliphatic heterocycles. The summed E-state index contributed by atoms with van der Waals surface area (Å²) in [6.07, 6.45) is 1.64. The van der Waals surface area contributed by atoms with E-state index in [2.05, 4.69) is 20.6 Å². The molecular formula is C14H17N5O2. The number of rotatable bonds is 4. The van der Waals surface area contributed by atoms with Gasteiger partial charge in [0, 0.05) is 11.1 Å². The highest BCUT2D eigenvalue weighted by atomic mass is 16.3. The second-order valence-electron chi connectivity index (χ2n) is 5.45. The first kappa shape index (κ1) is 13.7. The summed E-state index contributed by atoms with van der Waals surface area (Å²) in [6.45, 7) is 2.84. The molecule has 7 nitrogen and oxygen atoms in total. The van der Waals surface area contributed by atoms with Gasteiger partial charge in [-0.05, 0) is 23.8 Å². The molecule has 2 aromatic rings. The van der Waals surface area contributed by atoms with Gasteiger partial charge in [-0.3, -0.25) is 4.79 Å². The van der Waals surface area contributed by atoms with E-state index < -0.39 is 5.60 Å². The Bertz CT molecular complexity index is 617. The first-order chi connectivity index (χ1) is 10.1. The SMILES string of the molecule is CCCC1(O)CN(C(=O)c2ccc(-c3nn[nH]n3)cc2)C1. The zero-order valence-electron chi connectivity index (χ0n) is 11.8. The molecule has 0 saturated carbocycles. The monoisotopic (exact) mass is 287 g/mol. The van der Waals surface area contributed by atoms with Gasteiger partial charge in [0.25, 0.3) is 5.91 Å². The smallest absolute Gasteiger partial charge is 0.254 e. The van der Waals surface area contributed by atoms with Crippen LogP contribution in [0.3, 0.4) is 0 Å². The molecule has 0 atom stereocenters. The number of aromatic amines is 1. The van der Waals surface area contributed by atoms with Crippen molar-refractivity contribution in [3.05, 3.63) is 29.8 Å². The number of tetrazole rings is 1. The van der Waals surface area contributed by atoms with Gasteiger partial charge in [0.15, 0.2) is 0 Å². The minimum atomic E-state index is -0.699. The molecule has 110 valence electrons. The molecule has 3 rings (SSSR count). The minimum Gasteiger partial charge on any atom is -0.386 e. The maximum Gasteiger partial charge on any atom is 0.254 e. The highest BCUT2D eigenvalue weighted by Crippen LogP contribution is 2.27. The Kier molecular flexibility index (Phi) is 3.42. The highest BCUT2D eigenvalue weighted by molar-refractivity contribution is 5.95. The lowest BCUT2D eigenvalue weighted by Crippen LogP contribution is -2.63. The van der Waals surface area contributed by atoms with E-state index in [1.807, 2.05) is 6.92 Å². The average molecular weight is 287 g/mol. The molecule has 1 aromatic carbocycles. The number of aromatic nitrogens is 4. The van der Waals surface area contributed by atoms with Crippen molar-refractivity contribution in [3.8, 4) is 11.4 Å². The molecule has 0 radical (unpaired) electrons. The number of carbonyl (C=O) groups excluding carboxylic acids is 1. The van der Waals surface area contributed by atoms with E-state index in [1.54, 1.807) is 29.2 Å². The van der Waals surface area contributed by atoms with Crippen molar-refractivity contribution in [1.29, 1.82) is 0 Å². The zero-order valence-corrected chi connectivity index (χ0v) is 11.8. The van der Waals surface area contributed by atoms with E-state index in [1.165, 1.54) is 0 Å². The fraction of sp³-hybridized carbons (Fsp3) is 0.429. The van der Waals surface area contributed by atoms with Gasteiger partial charge in [0.2, 0.25) is 5.82 Å². The lowest BCUT2D eigenvalue weighted by Gasteiger charge is -2.46. The van der Waals surface area contributed by atoms with E-state index in [9.17, 15) is 9.90 Å². The van der Waals surface area contributed by atoms with Crippen LogP contribution < -0.4 is 0 Å². The highest BCUT2D eigenvalue weighted by Gasteiger charge is 2.42. The van der Waals surface area contributed by atoms with Crippen molar-refractivity contribution in [2.24, 2.45) is 0 Å². The number of benzene rings is 1. The Morgan fingerprint density at radius 3 is 2.67 bits per heavy atom. The number of aliphatic hydroxyl groups is 1. The molecule has 2 N–H and O–H groups in total. The summed E-state index contributed by atoms with van der Waals surface area (Å²) in [6, 6.07) is 7.06. The van der Waals surface area contributed by atoms with Crippen LogP contribution in [0.15, 0.2) is 24.3 Å². The van der Waals surface area contributed by atoms with Crippen molar-refractivity contribution < 1.29 is 9.90 Å². The Labute approximate surface area is 122 Å². The van der Waals surface area contributed by atoms with E-state index in [0.29, 0.717) is 24.5 Å². The van der Waals surface area contributed by atoms with Gasteiger partial charge >= 0.3 is 0 Å². The standard InChI is InChI=1S/C14H17N5O2/c1-2-7-14(21)8-19(9-14)13(20)11-5-3-10(4-6-11)12-15-17-18-16-12/h3-6,21H,2,7-9H2,1H3,(H,15,16,17,18). The summed E-state index contributed by atoms with van der Waals surface area (Å²) in [5.74, 6) is 0.436. The van der Waals surface area contributed by atoms with Crippen molar-refractivity contribution in [2.75, 3.05) is 13.1 Å². The van der Waals surface area contributed by atoms with Crippen LogP contribution in [-0.2, 0) is 0 Å². The van der Waals surface area contributed by atoms with Crippen LogP contribution in [0.1, 0.15) is 30.1 Å². The van der Waals surface area contributed by atoms with Gasteiger partial charge in [0.05, 0.1) is 18.7 Å². The second-order valence-corrected chi connectivity index (χ2v) is 5.45. The minimum absolute atomic E-state index is 0.0598. The molecule has 7 heteroatoms. The number of hydrogen-bond acceptors (Lipinski definition) is 5. The third-order valence-electron chi connectivity index (χ3n) is 3.71. The van der Waals surface area contributed by atoms with Gasteiger partial charge in [-0.15, -0.1) is 10.2 Å². The topological polar surface area (TPSA) is 95.0 Å². The molecule has 2 heterocycles. The number of hydrogen-bond donors (Lipinski definition) is 2. The molecule has 1 saturated heterocycles. The van der Waals surface area contributed by atoms with Crippen LogP contribution in [-0.4, -0.2) is 55.2 Å². The summed E-state index contributed by atoms with van der Waals surface area (Å²) in [5.41, 5.74) is 0.696. The van der Waals surface area contributed by atoms with Crippen LogP contribution in [0, 0.1) is 0 Å². The van der Waals surface area contributed by atoms with Gasteiger partial charge in [-0.2, -0.15) is 5.21 Å². The second kappa shape index (κ2) is 5.25. The fourth-order valence-corrected chi connectivity index (χ4v) is 2.66. The Morgan fingerprint density at radius 2 is 2.10 bits per heavy atom. The largest absolute Gasteiger partial charge is 0.386 e. The van der Waals surface area contributed by atoms with Crippen molar-refractivity contribution in [1.82, 2.24) is 25.5 Å². The average Bonchev–Trinajstić information content (AvgIpc) is 2.98. The van der Waals surface area contributed by atoms with Gasteiger partial charge < -0.3 is 10.0 Å². The van der Waals surface area contributed by atoms with Crippen LogP contribution in [0.4, 0.5) is 0 Å². The molecule has 0 bridgehead atoms. The number of β-amino-alcohol motifs (C(OH)–C–C–N with tert-alkyl or cyclic N) is 1. The summed E-state index contributed by atoms with van der Waals surface area (Å²) in [5, 5.41) is 23.8. The zero-order chi connectivity index (χ0) is 14.9. The Hall–Kier alpha value is -2.28. The lowest BCUT2D eigenvalue weighted by atomic mass is 9.88. The molecule has 1 aliphatic rings. The van der Waals surface area contributed by atoms with Gasteiger partial charge in [-0.25, -0.2) is 0 Å². The quantitative estimate of drug-likeness (QED) is 0.869. The van der Waals surface area contributed by atoms with E-state index in [-0.39, 0.29) is 5.91 Å². The number of carbonyl (C=O) groups is 1. The molecule has 1 amide bonds. The van der Waals surface area contributed by atoms with Crippen molar-refractivity contribution >= 4 is 5.91 Å². The Morgan fingerprint density at radius 1 is 1.38 bits per heavy atom. The predicted octanol–water partition coefficient (Wildman–Crippen LogP) is 0.854. The van der Waals surface area contributed by atoms with Gasteiger partial charge in [0.1, 0.15) is 0 Å². The van der Waals surface area contributed by atoms with Crippen LogP contribution in [0.25, 0.3) is 11.4 Å². The number of nitrogens with zero attached hydrogens (tertiary/aromatic N) is 4. The van der Waals surface area contributed by atoms with Gasteiger partial charge in [-0.1, -0.05) is 25.5 Å². The molecule has 1 fully saturated rings. The summed E-state index contributed by atoms with van der Waals surface area (Å²) >= 11 is 0. The van der Waals surface area contributed by atoms with E-state index >= 15 is 0 Å². The van der Waals surface area contributed by atoms with Crippen LogP contribution >= 0.6 is 0 Å². The molecule has 0 unspecified atom stereocenters. The lowest BCUT2D eigenvalue weighted by molar-refractivity contribution is -0.0860. The predicted molar refractivity (Wildman–Crippen MR) is 75.4 cm³/mol. The number of amides is 1. The maximum atomic E-state index is 12.3. The first-order valence-corrected chi connectivity index (χ1v) is 6.97. The number of H-pyrrole nitrogens is 1. The van der Waals surface area contributed by atoms with Crippen LogP contribution in [0.5, 0.6) is 0 Å². The van der Waals surface area contributed by atoms with Crippen molar-refractivity contribution in [2.45, 2.75) is 25.4 Å². The van der Waals surface area contributed by atoms with E-state index in [4.69, 9.17) is 0 Å². The third-order valence-corrected chi connectivity index (χ3v) is 3.71. The molecule has 0 spiro atoms. The van der Waals surface area contributed by atoms with Crippen molar-refractivity contribution in [3.63, 3.8) is 0 Å². The molecule has 1 aromatic heterocycles. The normalized spacial score (nSPS) is 16.6. The summed E-state index contributed by atoms with van der Waals surface area (Å²) in [4.78, 5) is 13.9. The maximum absolute atomic E-state index is 12.3. The molecule has 0 aliphatic carbocycles. The summed E-state index contributed by atoms with van der Waals surface area (Å²) in [7, 11) is 0. The summed E-state index contributed by atoms with van der Waals surface area (Å²) < 4.78 is 0. The van der Waals surface area contributed by atoms with Crippen LogP contribution in [0.2, 0.25) is 0 Å². The first-order valence-electron chi connectivity index (χ1n) is 6.97. The Balaban J connectivity index is 1.67. The fourth-order valence-electron chi connectivity index (χ4n) is 2.66. The number of nitrogens with one attached hydrogen (secondary N) is 1. The number of likely N-dealkylation sites (tertiary alicyclic amines) is 1.